The monoisotopic (exact) mass is 265 g/mol. The molecule has 0 aliphatic carbocycles. The zero-order valence-corrected chi connectivity index (χ0v) is 11.5. The van der Waals surface area contributed by atoms with E-state index in [4.69, 9.17) is 22.7 Å². The molecule has 0 radical (unpaired) electrons. The molecule has 0 spiro atoms. The predicted octanol–water partition coefficient (Wildman–Crippen LogP) is 1.50. The molecule has 0 saturated carbocycles. The van der Waals surface area contributed by atoms with Gasteiger partial charge in [-0.05, 0) is 45.0 Å². The third-order valence-corrected chi connectivity index (χ3v) is 3.33. The van der Waals surface area contributed by atoms with Gasteiger partial charge in [-0.25, -0.2) is 4.98 Å². The fourth-order valence-electron chi connectivity index (χ4n) is 2.11. The maximum absolute atomic E-state index is 5.72. The summed E-state index contributed by atoms with van der Waals surface area (Å²) >= 11 is 5.00. The Bertz CT molecular complexity index is 430. The number of ether oxygens (including phenoxy) is 1. The van der Waals surface area contributed by atoms with E-state index in [2.05, 4.69) is 9.88 Å². The number of pyridine rings is 1. The van der Waals surface area contributed by atoms with Gasteiger partial charge in [-0.3, -0.25) is 4.90 Å². The predicted molar refractivity (Wildman–Crippen MR) is 76.0 cm³/mol. The van der Waals surface area contributed by atoms with Crippen LogP contribution < -0.4 is 10.5 Å². The Morgan fingerprint density at radius 3 is 2.83 bits per heavy atom. The summed E-state index contributed by atoms with van der Waals surface area (Å²) in [6.07, 6.45) is 2.58. The lowest BCUT2D eigenvalue weighted by atomic mass is 10.2. The Morgan fingerprint density at radius 2 is 2.17 bits per heavy atom. The Labute approximate surface area is 113 Å². The summed E-state index contributed by atoms with van der Waals surface area (Å²) in [5, 5.41) is 0. The number of likely N-dealkylation sites (tertiary alicyclic amines) is 1. The van der Waals surface area contributed by atoms with Crippen LogP contribution in [0, 0.1) is 6.92 Å². The molecule has 1 aromatic rings. The van der Waals surface area contributed by atoms with Crippen molar-refractivity contribution < 1.29 is 4.74 Å². The first kappa shape index (κ1) is 13.2. The lowest BCUT2D eigenvalue weighted by Gasteiger charge is -2.15. The van der Waals surface area contributed by atoms with Crippen LogP contribution in [0.5, 0.6) is 5.88 Å². The standard InChI is InChI=1S/C13H19N3OS/c1-10-4-5-11(12(14)18)13(15-10)17-9-8-16-6-2-3-7-16/h4-5H,2-3,6-9H2,1H3,(H2,14,18). The van der Waals surface area contributed by atoms with E-state index in [1.165, 1.54) is 25.9 Å². The van der Waals surface area contributed by atoms with Crippen LogP contribution in [0.1, 0.15) is 24.1 Å². The van der Waals surface area contributed by atoms with Gasteiger partial charge < -0.3 is 10.5 Å². The van der Waals surface area contributed by atoms with Crippen LogP contribution in [-0.4, -0.2) is 41.1 Å². The summed E-state index contributed by atoms with van der Waals surface area (Å²) in [7, 11) is 0. The highest BCUT2D eigenvalue weighted by Crippen LogP contribution is 2.16. The summed E-state index contributed by atoms with van der Waals surface area (Å²) in [4.78, 5) is 7.08. The van der Waals surface area contributed by atoms with E-state index >= 15 is 0 Å². The molecule has 2 heterocycles. The molecule has 2 rings (SSSR count). The van der Waals surface area contributed by atoms with E-state index in [0.29, 0.717) is 17.5 Å². The summed E-state index contributed by atoms with van der Waals surface area (Å²) in [5.41, 5.74) is 7.29. The largest absolute Gasteiger partial charge is 0.476 e. The topological polar surface area (TPSA) is 51.4 Å². The van der Waals surface area contributed by atoms with Gasteiger partial charge in [-0.2, -0.15) is 0 Å². The lowest BCUT2D eigenvalue weighted by molar-refractivity contribution is 0.231. The van der Waals surface area contributed by atoms with Crippen LogP contribution in [0.3, 0.4) is 0 Å². The molecular formula is C13H19N3OS. The highest BCUT2D eigenvalue weighted by Gasteiger charge is 2.12. The van der Waals surface area contributed by atoms with Gasteiger partial charge in [-0.15, -0.1) is 0 Å². The zero-order chi connectivity index (χ0) is 13.0. The van der Waals surface area contributed by atoms with Gasteiger partial charge in [0.05, 0.1) is 5.56 Å². The number of hydrogen-bond acceptors (Lipinski definition) is 4. The Kier molecular flexibility index (Phi) is 4.49. The van der Waals surface area contributed by atoms with Gasteiger partial charge in [0, 0.05) is 12.2 Å². The Balaban J connectivity index is 1.94. The summed E-state index contributed by atoms with van der Waals surface area (Å²) in [6.45, 7) is 5.84. The van der Waals surface area contributed by atoms with E-state index < -0.39 is 0 Å². The van der Waals surface area contributed by atoms with Crippen LogP contribution in [0.4, 0.5) is 0 Å². The molecule has 0 bridgehead atoms. The van der Waals surface area contributed by atoms with Crippen molar-refractivity contribution in [1.82, 2.24) is 9.88 Å². The molecule has 0 unspecified atom stereocenters. The number of aryl methyl sites for hydroxylation is 1. The number of thiocarbonyl (C=S) groups is 1. The highest BCUT2D eigenvalue weighted by atomic mass is 32.1. The molecule has 2 N–H and O–H groups in total. The third-order valence-electron chi connectivity index (χ3n) is 3.11. The molecule has 1 aromatic heterocycles. The minimum absolute atomic E-state index is 0.332. The fraction of sp³-hybridized carbons (Fsp3) is 0.538. The van der Waals surface area contributed by atoms with Crippen molar-refractivity contribution in [1.29, 1.82) is 0 Å². The summed E-state index contributed by atoms with van der Waals surface area (Å²) in [5.74, 6) is 0.557. The first-order valence-corrected chi connectivity index (χ1v) is 6.70. The average molecular weight is 265 g/mol. The highest BCUT2D eigenvalue weighted by molar-refractivity contribution is 7.80. The minimum Gasteiger partial charge on any atom is -0.476 e. The van der Waals surface area contributed by atoms with E-state index in [-0.39, 0.29) is 0 Å². The Hall–Kier alpha value is -1.20. The molecule has 18 heavy (non-hydrogen) atoms. The van der Waals surface area contributed by atoms with Gasteiger partial charge in [-0.1, -0.05) is 12.2 Å². The number of rotatable bonds is 5. The number of nitrogens with two attached hydrogens (primary N) is 1. The van der Waals surface area contributed by atoms with Gasteiger partial charge in [0.25, 0.3) is 0 Å². The first-order valence-electron chi connectivity index (χ1n) is 6.29. The molecule has 1 fully saturated rings. The van der Waals surface area contributed by atoms with E-state index in [1.54, 1.807) is 0 Å². The van der Waals surface area contributed by atoms with E-state index in [0.717, 1.165) is 17.8 Å². The van der Waals surface area contributed by atoms with Gasteiger partial charge in [0.1, 0.15) is 11.6 Å². The second kappa shape index (κ2) is 6.11. The van der Waals surface area contributed by atoms with Gasteiger partial charge in [0.2, 0.25) is 5.88 Å². The second-order valence-corrected chi connectivity index (χ2v) is 5.01. The Morgan fingerprint density at radius 1 is 1.44 bits per heavy atom. The van der Waals surface area contributed by atoms with Crippen molar-refractivity contribution in [2.45, 2.75) is 19.8 Å². The van der Waals surface area contributed by atoms with E-state index in [9.17, 15) is 0 Å². The molecule has 1 aliphatic heterocycles. The summed E-state index contributed by atoms with van der Waals surface area (Å²) in [6, 6.07) is 3.76. The van der Waals surface area contributed by atoms with Gasteiger partial charge in [0.15, 0.2) is 0 Å². The van der Waals surface area contributed by atoms with Crippen LogP contribution in [0.2, 0.25) is 0 Å². The number of nitrogens with zero attached hydrogens (tertiary/aromatic N) is 2. The quantitative estimate of drug-likeness (QED) is 0.818. The average Bonchev–Trinajstić information content (AvgIpc) is 2.82. The van der Waals surface area contributed by atoms with Crippen LogP contribution in [-0.2, 0) is 0 Å². The van der Waals surface area contributed by atoms with Crippen LogP contribution in [0.25, 0.3) is 0 Å². The smallest absolute Gasteiger partial charge is 0.224 e. The SMILES string of the molecule is Cc1ccc(C(N)=S)c(OCCN2CCCC2)n1. The van der Waals surface area contributed by atoms with Crippen molar-refractivity contribution in [3.05, 3.63) is 23.4 Å². The van der Waals surface area contributed by atoms with Crippen LogP contribution >= 0.6 is 12.2 Å². The molecule has 98 valence electrons. The maximum atomic E-state index is 5.72. The van der Waals surface area contributed by atoms with Crippen molar-refractivity contribution in [2.75, 3.05) is 26.2 Å². The van der Waals surface area contributed by atoms with Crippen LogP contribution in [0.15, 0.2) is 12.1 Å². The molecule has 0 aromatic carbocycles. The molecular weight excluding hydrogens is 246 g/mol. The van der Waals surface area contributed by atoms with E-state index in [1.807, 2.05) is 19.1 Å². The van der Waals surface area contributed by atoms with Crippen molar-refractivity contribution in [3.63, 3.8) is 0 Å². The zero-order valence-electron chi connectivity index (χ0n) is 10.7. The summed E-state index contributed by atoms with van der Waals surface area (Å²) < 4.78 is 5.72. The molecule has 0 amide bonds. The van der Waals surface area contributed by atoms with Crippen molar-refractivity contribution in [2.24, 2.45) is 5.73 Å². The number of aromatic nitrogens is 1. The van der Waals surface area contributed by atoms with Crippen molar-refractivity contribution in [3.8, 4) is 5.88 Å². The van der Waals surface area contributed by atoms with Gasteiger partial charge >= 0.3 is 0 Å². The van der Waals surface area contributed by atoms with Crippen molar-refractivity contribution >= 4 is 17.2 Å². The molecule has 1 aliphatic rings. The normalized spacial score (nSPS) is 15.8. The lowest BCUT2D eigenvalue weighted by Crippen LogP contribution is -2.25. The minimum atomic E-state index is 0.332. The molecule has 0 atom stereocenters. The number of hydrogen-bond donors (Lipinski definition) is 1. The maximum Gasteiger partial charge on any atom is 0.224 e. The third kappa shape index (κ3) is 3.40. The fourth-order valence-corrected chi connectivity index (χ4v) is 2.26. The first-order chi connectivity index (χ1) is 8.66. The molecule has 1 saturated heterocycles. The molecule has 4 nitrogen and oxygen atoms in total. The molecule has 5 heteroatoms. The second-order valence-electron chi connectivity index (χ2n) is 4.57.